The van der Waals surface area contributed by atoms with Crippen molar-refractivity contribution < 1.29 is 22.1 Å². The standard InChI is InChI=1S/2C5H5.C3H9OSi.CH3O.CH3.2ClH.H2Si.Zr/c2*1-2-4-5-3-1;1-5(2,3)4;1-2;;;;;/h2*1-3H,4H2;1-3H3;1H3;1H3;2*1H;1H2;/q;;2*-1;;;;;+2. The van der Waals surface area contributed by atoms with E-state index in [2.05, 4.69) is 60.7 Å². The SMILES string of the molecule is C[O][Zr]([CH3])(=[SiH2])([O][Si](C)(C)C)([C]1=CC=CC1)[C]1=CC=CC1.Cl.Cl. The minimum atomic E-state index is -4.52. The molecular formula is C15H29Cl2O2Si2Zr. The third-order valence-corrected chi connectivity index (χ3v) is 39.3. The van der Waals surface area contributed by atoms with Gasteiger partial charge in [0, 0.05) is 0 Å². The maximum Gasteiger partial charge on any atom is -0.147 e. The summed E-state index contributed by atoms with van der Waals surface area (Å²) in [6.07, 6.45) is 15.1. The second-order valence-electron chi connectivity index (χ2n) is 7.59. The molecule has 0 unspecified atom stereocenters. The van der Waals surface area contributed by atoms with Gasteiger partial charge in [-0.3, -0.25) is 0 Å². The Balaban J connectivity index is 0.00000220. The molecule has 0 atom stereocenters. The molecule has 7 heteroatoms. The summed E-state index contributed by atoms with van der Waals surface area (Å²) in [6, 6.07) is 0. The molecule has 2 aliphatic rings. The van der Waals surface area contributed by atoms with Crippen molar-refractivity contribution >= 4 is 40.0 Å². The Hall–Kier alpha value is 0.777. The first-order valence-corrected chi connectivity index (χ1v) is 23.6. The zero-order chi connectivity index (χ0) is 15.1. The van der Waals surface area contributed by atoms with Gasteiger partial charge in [0.25, 0.3) is 0 Å². The Morgan fingerprint density at radius 3 is 1.64 bits per heavy atom. The molecule has 0 saturated carbocycles. The van der Waals surface area contributed by atoms with Crippen molar-refractivity contribution in [2.75, 3.05) is 7.11 Å². The van der Waals surface area contributed by atoms with E-state index in [1.807, 2.05) is 14.0 Å². The van der Waals surface area contributed by atoms with Gasteiger partial charge in [-0.15, -0.1) is 24.8 Å². The number of rotatable bonds is 5. The molecular weight excluding hydrogens is 430 g/mol. The first kappa shape index (κ1) is 22.8. The van der Waals surface area contributed by atoms with E-state index in [9.17, 15) is 0 Å². The Labute approximate surface area is 148 Å². The third kappa shape index (κ3) is 3.56. The van der Waals surface area contributed by atoms with Crippen molar-refractivity contribution in [2.24, 2.45) is 0 Å². The predicted molar refractivity (Wildman–Crippen MR) is 104 cm³/mol. The molecule has 0 saturated heterocycles. The maximum absolute atomic E-state index is 7.03. The molecule has 0 heterocycles. The van der Waals surface area contributed by atoms with Crippen LogP contribution in [0.3, 0.4) is 0 Å². The fourth-order valence-corrected chi connectivity index (χ4v) is 42.1. The molecule has 0 spiro atoms. The largest absolute Gasteiger partial charge is 0.147 e. The van der Waals surface area contributed by atoms with E-state index in [-0.39, 0.29) is 24.8 Å². The second kappa shape index (κ2) is 6.59. The molecule has 0 bridgehead atoms. The van der Waals surface area contributed by atoms with Gasteiger partial charge < -0.3 is 0 Å². The van der Waals surface area contributed by atoms with Gasteiger partial charge in [-0.05, 0) is 0 Å². The summed E-state index contributed by atoms with van der Waals surface area (Å²) in [4.78, 5) is 0. The zero-order valence-electron chi connectivity index (χ0n) is 14.2. The van der Waals surface area contributed by atoms with Crippen LogP contribution in [0.15, 0.2) is 43.0 Å². The summed E-state index contributed by atoms with van der Waals surface area (Å²) in [5, 5.41) is 0. The van der Waals surface area contributed by atoms with Gasteiger partial charge in [0.2, 0.25) is 0 Å². The smallest absolute Gasteiger partial charge is 0.147 e. The average Bonchev–Trinajstić information content (AvgIpc) is 3.01. The van der Waals surface area contributed by atoms with Crippen molar-refractivity contribution in [1.82, 2.24) is 0 Å². The second-order valence-corrected chi connectivity index (χ2v) is 41.9. The fraction of sp³-hybridized carbons (Fsp3) is 0.467. The Morgan fingerprint density at radius 1 is 1.00 bits per heavy atom. The summed E-state index contributed by atoms with van der Waals surface area (Å²) < 4.78 is 18.6. The van der Waals surface area contributed by atoms with Crippen LogP contribution in [0.2, 0.25) is 24.3 Å². The number of hydrogen-bond acceptors (Lipinski definition) is 2. The van der Waals surface area contributed by atoms with Crippen LogP contribution in [0.1, 0.15) is 12.8 Å². The van der Waals surface area contributed by atoms with Gasteiger partial charge in [0.1, 0.15) is 0 Å². The molecule has 2 aliphatic carbocycles. The van der Waals surface area contributed by atoms with Crippen molar-refractivity contribution in [2.45, 2.75) is 37.1 Å². The van der Waals surface area contributed by atoms with E-state index in [4.69, 9.17) is 5.32 Å². The number of allylic oxidation sites excluding steroid dienone is 8. The molecule has 0 aliphatic heterocycles. The van der Waals surface area contributed by atoms with Gasteiger partial charge in [0.05, 0.1) is 0 Å². The fourth-order valence-electron chi connectivity index (χ4n) is 3.61. The van der Waals surface area contributed by atoms with Crippen LogP contribution in [0.25, 0.3) is 0 Å². The Kier molecular flexibility index (Phi) is 6.82. The third-order valence-electron chi connectivity index (χ3n) is 4.74. The summed E-state index contributed by atoms with van der Waals surface area (Å²) >= 11 is -4.52. The Morgan fingerprint density at radius 2 is 1.41 bits per heavy atom. The van der Waals surface area contributed by atoms with E-state index < -0.39 is 25.1 Å². The molecule has 0 radical (unpaired) electrons. The number of hydrogen-bond donors (Lipinski definition) is 0. The molecule has 2 rings (SSSR count). The van der Waals surface area contributed by atoms with E-state index in [1.165, 1.54) is 6.56 Å². The molecule has 0 N–H and O–H groups in total. The van der Waals surface area contributed by atoms with Gasteiger partial charge in [-0.1, -0.05) is 0 Å². The molecule has 0 fully saturated rings. The van der Waals surface area contributed by atoms with Crippen LogP contribution in [-0.4, -0.2) is 22.3 Å². The Bertz CT molecular complexity index is 621. The van der Waals surface area contributed by atoms with Crippen molar-refractivity contribution in [3.63, 3.8) is 0 Å². The van der Waals surface area contributed by atoms with Crippen LogP contribution in [-0.2, 0) is 22.1 Å². The first-order chi connectivity index (χ1) is 9.06. The molecule has 2 nitrogen and oxygen atoms in total. The van der Waals surface area contributed by atoms with E-state index in [1.54, 1.807) is 0 Å². The average molecular weight is 460 g/mol. The van der Waals surface area contributed by atoms with Crippen LogP contribution < -0.4 is 0 Å². The molecule has 127 valence electrons. The molecule has 0 amide bonds. The summed E-state index contributed by atoms with van der Waals surface area (Å²) in [6.45, 7) is 8.84. The predicted octanol–water partition coefficient (Wildman–Crippen LogP) is 4.67. The maximum atomic E-state index is 7.03. The zero-order valence-corrected chi connectivity index (χ0v) is 20.7. The number of halogens is 2. The summed E-state index contributed by atoms with van der Waals surface area (Å²) in [7, 11) is 0.105. The normalized spacial score (nSPS) is 20.4. The van der Waals surface area contributed by atoms with Crippen LogP contribution in [0, 0.1) is 0 Å². The molecule has 0 aromatic rings. The van der Waals surface area contributed by atoms with Crippen LogP contribution in [0.5, 0.6) is 0 Å². The van der Waals surface area contributed by atoms with Gasteiger partial charge in [-0.2, -0.15) is 0 Å². The van der Waals surface area contributed by atoms with Crippen LogP contribution >= 0.6 is 24.8 Å². The molecule has 22 heavy (non-hydrogen) atoms. The van der Waals surface area contributed by atoms with E-state index in [0.717, 1.165) is 12.8 Å². The monoisotopic (exact) mass is 457 g/mol. The topological polar surface area (TPSA) is 18.5 Å². The minimum absolute atomic E-state index is 0. The van der Waals surface area contributed by atoms with Crippen molar-refractivity contribution in [3.05, 3.63) is 43.0 Å². The molecule has 0 aromatic carbocycles. The van der Waals surface area contributed by atoms with Crippen molar-refractivity contribution in [3.8, 4) is 0 Å². The van der Waals surface area contributed by atoms with Gasteiger partial charge in [-0.25, -0.2) is 0 Å². The molecule has 0 aromatic heterocycles. The van der Waals surface area contributed by atoms with Crippen molar-refractivity contribution in [1.29, 1.82) is 0 Å². The summed E-state index contributed by atoms with van der Waals surface area (Å²) in [5.74, 6) is 0. The van der Waals surface area contributed by atoms with E-state index in [0.29, 0.717) is 0 Å². The van der Waals surface area contributed by atoms with E-state index >= 15 is 0 Å². The quantitative estimate of drug-likeness (QED) is 0.557. The minimum Gasteiger partial charge on any atom is -0.147 e. The van der Waals surface area contributed by atoms with Crippen LogP contribution in [0.4, 0.5) is 0 Å². The summed E-state index contributed by atoms with van der Waals surface area (Å²) in [5.41, 5.74) is 0. The van der Waals surface area contributed by atoms with Gasteiger partial charge in [0.15, 0.2) is 0 Å². The first-order valence-electron chi connectivity index (χ1n) is 7.31. The van der Waals surface area contributed by atoms with Gasteiger partial charge >= 0.3 is 125 Å².